The Morgan fingerprint density at radius 2 is 1.17 bits per heavy atom. The molecule has 5 heteroatoms. The Labute approximate surface area is 182 Å². The number of rotatable bonds is 18. The van der Waals surface area contributed by atoms with Gasteiger partial charge in [0.05, 0.1) is 6.20 Å². The lowest BCUT2D eigenvalue weighted by Gasteiger charge is -2.13. The summed E-state index contributed by atoms with van der Waals surface area (Å²) in [5.41, 5.74) is -0.901. The Balaban J connectivity index is 2.04. The maximum absolute atomic E-state index is 11.7. The minimum absolute atomic E-state index is 0.0150. The third kappa shape index (κ3) is 10.3. The Kier molecular flexibility index (Phi) is 14.0. The van der Waals surface area contributed by atoms with Gasteiger partial charge in [-0.2, -0.15) is 0 Å². The number of aromatic hydroxyl groups is 2. The van der Waals surface area contributed by atoms with Gasteiger partial charge in [0, 0.05) is 13.5 Å². The summed E-state index contributed by atoms with van der Waals surface area (Å²) < 4.78 is 1.50. The van der Waals surface area contributed by atoms with E-state index in [0.29, 0.717) is 6.54 Å². The first kappa shape index (κ1) is 26.3. The minimum atomic E-state index is -0.886. The smallest absolute Gasteiger partial charge is 0.265 e. The molecule has 2 N–H and O–H groups in total. The molecular formula is C25H43NO4. The number of ketones is 1. The van der Waals surface area contributed by atoms with E-state index in [1.165, 1.54) is 101 Å². The first-order chi connectivity index (χ1) is 14.5. The number of nitrogens with zero attached hydrogens (tertiary/aromatic N) is 1. The number of Topliss-reactive ketones (excluding diaryl/α,β-unsaturated/α-hetero) is 1. The predicted molar refractivity (Wildman–Crippen MR) is 124 cm³/mol. The minimum Gasteiger partial charge on any atom is -0.503 e. The number of carbonyl (C=O) groups excluding carboxylic acids is 1. The van der Waals surface area contributed by atoms with Crippen LogP contribution >= 0.6 is 0 Å². The van der Waals surface area contributed by atoms with Crippen molar-refractivity contribution in [2.75, 3.05) is 0 Å². The second-order valence-electron chi connectivity index (χ2n) is 8.59. The molecule has 0 aliphatic carbocycles. The van der Waals surface area contributed by atoms with E-state index < -0.39 is 16.9 Å². The third-order valence-corrected chi connectivity index (χ3v) is 5.82. The highest BCUT2D eigenvalue weighted by Crippen LogP contribution is 2.19. The summed E-state index contributed by atoms with van der Waals surface area (Å²) in [6, 6.07) is 0. The van der Waals surface area contributed by atoms with Crippen molar-refractivity contribution in [1.82, 2.24) is 4.57 Å². The van der Waals surface area contributed by atoms with E-state index in [-0.39, 0.29) is 11.5 Å². The number of hydrogen-bond donors (Lipinski definition) is 2. The summed E-state index contributed by atoms with van der Waals surface area (Å²) in [5, 5.41) is 19.5. The van der Waals surface area contributed by atoms with E-state index >= 15 is 0 Å². The zero-order valence-corrected chi connectivity index (χ0v) is 19.3. The zero-order chi connectivity index (χ0) is 22.2. The molecule has 5 nitrogen and oxygen atoms in total. The maximum atomic E-state index is 11.7. The molecule has 0 fully saturated rings. The lowest BCUT2D eigenvalue weighted by molar-refractivity contribution is 0.1000. The number of aryl methyl sites for hydroxylation is 1. The SMILES string of the molecule is CCCCCCCCCCCCCCCCCCn1cc(O)c(=O)c(O)c1C(C)=O. The molecule has 1 rings (SSSR count). The van der Waals surface area contributed by atoms with Gasteiger partial charge in [0.25, 0.3) is 5.43 Å². The summed E-state index contributed by atoms with van der Waals surface area (Å²) in [5.74, 6) is -1.55. The Morgan fingerprint density at radius 1 is 0.767 bits per heavy atom. The third-order valence-electron chi connectivity index (χ3n) is 5.82. The van der Waals surface area contributed by atoms with Gasteiger partial charge in [-0.05, 0) is 6.42 Å². The van der Waals surface area contributed by atoms with Crippen molar-refractivity contribution in [2.45, 2.75) is 123 Å². The highest BCUT2D eigenvalue weighted by Gasteiger charge is 2.17. The number of carbonyl (C=O) groups is 1. The normalized spacial score (nSPS) is 11.1. The fourth-order valence-corrected chi connectivity index (χ4v) is 4.01. The van der Waals surface area contributed by atoms with Crippen molar-refractivity contribution in [3.63, 3.8) is 0 Å². The van der Waals surface area contributed by atoms with E-state index in [9.17, 15) is 19.8 Å². The summed E-state index contributed by atoms with van der Waals surface area (Å²) in [6.07, 6.45) is 21.9. The molecule has 0 saturated heterocycles. The molecule has 0 bridgehead atoms. The van der Waals surface area contributed by atoms with Crippen molar-refractivity contribution < 1.29 is 15.0 Å². The number of aromatic nitrogens is 1. The van der Waals surface area contributed by atoms with E-state index in [2.05, 4.69) is 6.92 Å². The predicted octanol–water partition coefficient (Wildman–Crippen LogP) is 6.72. The highest BCUT2D eigenvalue weighted by molar-refractivity contribution is 5.95. The Bertz CT molecular complexity index is 666. The number of hydrogen-bond acceptors (Lipinski definition) is 4. The molecule has 0 atom stereocenters. The second-order valence-corrected chi connectivity index (χ2v) is 8.59. The van der Waals surface area contributed by atoms with Crippen LogP contribution in [0, 0.1) is 0 Å². The van der Waals surface area contributed by atoms with E-state index in [1.807, 2.05) is 0 Å². The maximum Gasteiger partial charge on any atom is 0.265 e. The average molecular weight is 422 g/mol. The van der Waals surface area contributed by atoms with Crippen molar-refractivity contribution in [1.29, 1.82) is 0 Å². The molecule has 30 heavy (non-hydrogen) atoms. The van der Waals surface area contributed by atoms with E-state index in [4.69, 9.17) is 0 Å². The molecule has 0 unspecified atom stereocenters. The Hall–Kier alpha value is -1.78. The molecule has 0 aliphatic heterocycles. The quantitative estimate of drug-likeness (QED) is 0.203. The van der Waals surface area contributed by atoms with Crippen LogP contribution in [0.1, 0.15) is 127 Å². The van der Waals surface area contributed by atoms with Crippen LogP contribution < -0.4 is 5.43 Å². The van der Waals surface area contributed by atoms with Gasteiger partial charge in [-0.3, -0.25) is 9.59 Å². The molecule has 0 radical (unpaired) electrons. The Morgan fingerprint density at radius 3 is 1.57 bits per heavy atom. The summed E-state index contributed by atoms with van der Waals surface area (Å²) in [6.45, 7) is 4.09. The van der Waals surface area contributed by atoms with Crippen LogP contribution in [0.15, 0.2) is 11.0 Å². The van der Waals surface area contributed by atoms with Gasteiger partial charge in [0.15, 0.2) is 17.3 Å². The van der Waals surface area contributed by atoms with Crippen LogP contribution in [0.3, 0.4) is 0 Å². The summed E-state index contributed by atoms with van der Waals surface area (Å²) in [7, 11) is 0. The largest absolute Gasteiger partial charge is 0.503 e. The lowest BCUT2D eigenvalue weighted by Crippen LogP contribution is -2.16. The van der Waals surface area contributed by atoms with Gasteiger partial charge in [-0.25, -0.2) is 0 Å². The molecular weight excluding hydrogens is 378 g/mol. The van der Waals surface area contributed by atoms with Crippen LogP contribution in [0.2, 0.25) is 0 Å². The average Bonchev–Trinajstić information content (AvgIpc) is 2.71. The van der Waals surface area contributed by atoms with Crippen LogP contribution in [-0.2, 0) is 6.54 Å². The van der Waals surface area contributed by atoms with Crippen LogP contribution in [0.25, 0.3) is 0 Å². The van der Waals surface area contributed by atoms with Crippen LogP contribution in [0.5, 0.6) is 11.5 Å². The number of pyridine rings is 1. The molecule has 1 heterocycles. The topological polar surface area (TPSA) is 79.5 Å². The van der Waals surface area contributed by atoms with Gasteiger partial charge < -0.3 is 14.8 Å². The van der Waals surface area contributed by atoms with E-state index in [0.717, 1.165) is 19.3 Å². The molecule has 0 amide bonds. The molecule has 0 spiro atoms. The van der Waals surface area contributed by atoms with Crippen molar-refractivity contribution in [3.05, 3.63) is 22.1 Å². The second kappa shape index (κ2) is 16.0. The molecule has 1 aromatic heterocycles. The van der Waals surface area contributed by atoms with Gasteiger partial charge in [-0.15, -0.1) is 0 Å². The molecule has 0 aliphatic rings. The highest BCUT2D eigenvalue weighted by atomic mass is 16.3. The van der Waals surface area contributed by atoms with Gasteiger partial charge in [0.1, 0.15) is 5.69 Å². The zero-order valence-electron chi connectivity index (χ0n) is 19.3. The summed E-state index contributed by atoms with van der Waals surface area (Å²) >= 11 is 0. The fourth-order valence-electron chi connectivity index (χ4n) is 4.01. The molecule has 1 aromatic rings. The first-order valence-electron chi connectivity index (χ1n) is 12.1. The van der Waals surface area contributed by atoms with Gasteiger partial charge >= 0.3 is 0 Å². The van der Waals surface area contributed by atoms with Crippen LogP contribution in [0.4, 0.5) is 0 Å². The first-order valence-corrected chi connectivity index (χ1v) is 12.1. The van der Waals surface area contributed by atoms with Crippen molar-refractivity contribution >= 4 is 5.78 Å². The monoisotopic (exact) mass is 421 g/mol. The lowest BCUT2D eigenvalue weighted by atomic mass is 10.0. The molecule has 172 valence electrons. The number of unbranched alkanes of at least 4 members (excludes halogenated alkanes) is 15. The van der Waals surface area contributed by atoms with Gasteiger partial charge in [-0.1, -0.05) is 103 Å². The van der Waals surface area contributed by atoms with Crippen molar-refractivity contribution in [3.8, 4) is 11.5 Å². The fraction of sp³-hybridized carbons (Fsp3) is 0.760. The van der Waals surface area contributed by atoms with Crippen molar-refractivity contribution in [2.24, 2.45) is 0 Å². The standard InChI is InChI=1S/C25H43NO4/c1-3-4-5-6-7-8-9-10-11-12-13-14-15-16-17-18-19-26-20-22(28)24(29)25(30)23(26)21(2)27/h20,28,30H,3-19H2,1-2H3. The van der Waals surface area contributed by atoms with Gasteiger partial charge in [0.2, 0.25) is 0 Å². The van der Waals surface area contributed by atoms with E-state index in [1.54, 1.807) is 0 Å². The van der Waals surface area contributed by atoms with Crippen LogP contribution in [-0.4, -0.2) is 20.6 Å². The molecule has 0 aromatic carbocycles. The molecule has 0 saturated carbocycles. The summed E-state index contributed by atoms with van der Waals surface area (Å²) in [4.78, 5) is 23.3.